The normalized spacial score (nSPS) is 22.2. The molecule has 3 rings (SSSR count). The van der Waals surface area contributed by atoms with Crippen molar-refractivity contribution in [3.05, 3.63) is 28.3 Å². The lowest BCUT2D eigenvalue weighted by atomic mass is 9.77. The number of aliphatic hydroxyl groups is 1. The van der Waals surface area contributed by atoms with Crippen molar-refractivity contribution in [1.82, 2.24) is 9.80 Å². The first-order valence-corrected chi connectivity index (χ1v) is 11.7. The first-order chi connectivity index (χ1) is 15.2. The summed E-state index contributed by atoms with van der Waals surface area (Å²) in [6.07, 6.45) is 2.81. The standard InChI is InChI=1S/C24H35ClN2O5/c1-17-11-20(12-18(2)23(17)25)32-16-24(7-4-8-27(15-24)22(30)14-31-3)13-21(29)26-9-5-19(28)6-10-26/h11-12,19,28H,4-10,13-16H2,1-3H3. The number of likely N-dealkylation sites (tertiary alicyclic amines) is 2. The van der Waals surface area contributed by atoms with E-state index in [2.05, 4.69) is 0 Å². The highest BCUT2D eigenvalue weighted by atomic mass is 35.5. The van der Waals surface area contributed by atoms with Crippen LogP contribution in [0.25, 0.3) is 0 Å². The van der Waals surface area contributed by atoms with Gasteiger partial charge in [0.2, 0.25) is 11.8 Å². The minimum atomic E-state index is -0.476. The highest BCUT2D eigenvalue weighted by molar-refractivity contribution is 6.32. The Morgan fingerprint density at radius 3 is 2.41 bits per heavy atom. The molecule has 2 fully saturated rings. The Morgan fingerprint density at radius 1 is 1.12 bits per heavy atom. The van der Waals surface area contributed by atoms with Gasteiger partial charge < -0.3 is 24.4 Å². The van der Waals surface area contributed by atoms with E-state index in [1.807, 2.05) is 30.9 Å². The number of hydrogen-bond donors (Lipinski definition) is 1. The van der Waals surface area contributed by atoms with Gasteiger partial charge in [0, 0.05) is 50.1 Å². The zero-order chi connectivity index (χ0) is 23.3. The second-order valence-electron chi connectivity index (χ2n) is 9.30. The molecule has 0 aliphatic carbocycles. The fourth-order valence-electron chi connectivity index (χ4n) is 4.72. The van der Waals surface area contributed by atoms with E-state index in [1.54, 1.807) is 4.90 Å². The molecule has 1 aromatic rings. The topological polar surface area (TPSA) is 79.3 Å². The summed E-state index contributed by atoms with van der Waals surface area (Å²) in [5, 5.41) is 10.5. The molecule has 2 heterocycles. The SMILES string of the molecule is COCC(=O)N1CCCC(COc2cc(C)c(Cl)c(C)c2)(CC(=O)N2CCC(O)CC2)C1. The predicted octanol–water partition coefficient (Wildman–Crippen LogP) is 2.96. The lowest BCUT2D eigenvalue weighted by Crippen LogP contribution is -2.52. The third-order valence-corrected chi connectivity index (χ3v) is 7.18. The van der Waals surface area contributed by atoms with E-state index in [4.69, 9.17) is 21.1 Å². The first-order valence-electron chi connectivity index (χ1n) is 11.3. The molecule has 0 saturated carbocycles. The second-order valence-corrected chi connectivity index (χ2v) is 9.68. The van der Waals surface area contributed by atoms with E-state index < -0.39 is 5.41 Å². The molecule has 2 aliphatic heterocycles. The maximum atomic E-state index is 13.2. The van der Waals surface area contributed by atoms with Crippen molar-refractivity contribution in [3.63, 3.8) is 0 Å². The third kappa shape index (κ3) is 6.15. The summed E-state index contributed by atoms with van der Waals surface area (Å²) in [4.78, 5) is 29.3. The number of amides is 2. The molecule has 32 heavy (non-hydrogen) atoms. The van der Waals surface area contributed by atoms with E-state index >= 15 is 0 Å². The number of piperidine rings is 2. The van der Waals surface area contributed by atoms with Crippen LogP contribution in [-0.2, 0) is 14.3 Å². The van der Waals surface area contributed by atoms with Crippen molar-refractivity contribution in [2.45, 2.75) is 52.1 Å². The maximum Gasteiger partial charge on any atom is 0.248 e. The van der Waals surface area contributed by atoms with Gasteiger partial charge in [0.05, 0.1) is 12.7 Å². The smallest absolute Gasteiger partial charge is 0.248 e. The molecule has 0 radical (unpaired) electrons. The van der Waals surface area contributed by atoms with E-state index in [9.17, 15) is 14.7 Å². The summed E-state index contributed by atoms with van der Waals surface area (Å²) in [5.74, 6) is 0.714. The lowest BCUT2D eigenvalue weighted by Gasteiger charge is -2.43. The monoisotopic (exact) mass is 466 g/mol. The van der Waals surface area contributed by atoms with E-state index in [0.29, 0.717) is 52.0 Å². The lowest BCUT2D eigenvalue weighted by molar-refractivity contribution is -0.144. The highest BCUT2D eigenvalue weighted by Gasteiger charge is 2.41. The summed E-state index contributed by atoms with van der Waals surface area (Å²) in [7, 11) is 1.51. The van der Waals surface area contributed by atoms with Gasteiger partial charge in [-0.15, -0.1) is 0 Å². The maximum absolute atomic E-state index is 13.2. The number of hydrogen-bond acceptors (Lipinski definition) is 5. The van der Waals surface area contributed by atoms with Crippen LogP contribution in [0.3, 0.4) is 0 Å². The zero-order valence-corrected chi connectivity index (χ0v) is 20.1. The van der Waals surface area contributed by atoms with Gasteiger partial charge >= 0.3 is 0 Å². The molecule has 1 atom stereocenters. The van der Waals surface area contributed by atoms with Gasteiger partial charge in [0.25, 0.3) is 0 Å². The van der Waals surface area contributed by atoms with Gasteiger partial charge in [-0.3, -0.25) is 9.59 Å². The number of ether oxygens (including phenoxy) is 2. The number of rotatable bonds is 7. The van der Waals surface area contributed by atoms with Crippen molar-refractivity contribution in [3.8, 4) is 5.75 Å². The minimum absolute atomic E-state index is 0.0322. The molecule has 8 heteroatoms. The number of carbonyl (C=O) groups is 2. The Labute approximate surface area is 195 Å². The Hall–Kier alpha value is -1.83. The van der Waals surface area contributed by atoms with Crippen molar-refractivity contribution in [2.75, 3.05) is 46.5 Å². The van der Waals surface area contributed by atoms with Gasteiger partial charge in [-0.2, -0.15) is 0 Å². The average molecular weight is 467 g/mol. The largest absolute Gasteiger partial charge is 0.493 e. The van der Waals surface area contributed by atoms with Crippen molar-refractivity contribution < 1.29 is 24.2 Å². The molecule has 0 aromatic heterocycles. The van der Waals surface area contributed by atoms with Gasteiger partial charge in [-0.1, -0.05) is 11.6 Å². The Balaban J connectivity index is 1.77. The van der Waals surface area contributed by atoms with Crippen molar-refractivity contribution in [1.29, 1.82) is 0 Å². The Bertz CT molecular complexity index is 802. The predicted molar refractivity (Wildman–Crippen MR) is 123 cm³/mol. The number of nitrogens with zero attached hydrogens (tertiary/aromatic N) is 2. The zero-order valence-electron chi connectivity index (χ0n) is 19.4. The Kier molecular flexibility index (Phi) is 8.42. The molecule has 1 aromatic carbocycles. The van der Waals surface area contributed by atoms with Gasteiger partial charge in [-0.05, 0) is 62.8 Å². The number of methoxy groups -OCH3 is 1. The first kappa shape index (κ1) is 24.8. The molecule has 7 nitrogen and oxygen atoms in total. The molecule has 1 unspecified atom stereocenters. The number of benzene rings is 1. The summed E-state index contributed by atoms with van der Waals surface area (Å²) in [5.41, 5.74) is 1.41. The Morgan fingerprint density at radius 2 is 1.78 bits per heavy atom. The summed E-state index contributed by atoms with van der Waals surface area (Å²) in [6.45, 7) is 6.51. The quantitative estimate of drug-likeness (QED) is 0.668. The van der Waals surface area contributed by atoms with Crippen LogP contribution in [0.5, 0.6) is 5.75 Å². The van der Waals surface area contributed by atoms with Crippen LogP contribution in [0.1, 0.15) is 43.2 Å². The highest BCUT2D eigenvalue weighted by Crippen LogP contribution is 2.36. The van der Waals surface area contributed by atoms with Crippen LogP contribution in [0.2, 0.25) is 5.02 Å². The molecular weight excluding hydrogens is 432 g/mol. The second kappa shape index (κ2) is 10.9. The molecule has 0 spiro atoms. The van der Waals surface area contributed by atoms with Crippen molar-refractivity contribution in [2.24, 2.45) is 5.41 Å². The van der Waals surface area contributed by atoms with Crippen molar-refractivity contribution >= 4 is 23.4 Å². The van der Waals surface area contributed by atoms with Gasteiger partial charge in [-0.25, -0.2) is 0 Å². The molecule has 2 aliphatic rings. The molecular formula is C24H35ClN2O5. The van der Waals surface area contributed by atoms with Crippen LogP contribution < -0.4 is 4.74 Å². The molecule has 2 amide bonds. The fraction of sp³-hybridized carbons (Fsp3) is 0.667. The van der Waals surface area contributed by atoms with Gasteiger partial charge in [0.1, 0.15) is 12.4 Å². The summed E-state index contributed by atoms with van der Waals surface area (Å²) < 4.78 is 11.3. The van der Waals surface area contributed by atoms with E-state index in [-0.39, 0.29) is 24.5 Å². The van der Waals surface area contributed by atoms with Gasteiger partial charge in [0.15, 0.2) is 0 Å². The summed E-state index contributed by atoms with van der Waals surface area (Å²) in [6, 6.07) is 3.82. The number of carbonyl (C=O) groups excluding carboxylic acids is 2. The number of aryl methyl sites for hydroxylation is 2. The van der Waals surface area contributed by atoms with E-state index in [1.165, 1.54) is 7.11 Å². The van der Waals surface area contributed by atoms with Crippen LogP contribution in [0, 0.1) is 19.3 Å². The van der Waals surface area contributed by atoms with Crippen LogP contribution in [0.4, 0.5) is 0 Å². The minimum Gasteiger partial charge on any atom is -0.493 e. The fourth-order valence-corrected chi connectivity index (χ4v) is 4.83. The average Bonchev–Trinajstić information content (AvgIpc) is 2.76. The van der Waals surface area contributed by atoms with Crippen LogP contribution in [-0.4, -0.2) is 79.3 Å². The molecule has 178 valence electrons. The summed E-state index contributed by atoms with van der Waals surface area (Å²) >= 11 is 6.30. The number of aliphatic hydroxyl groups excluding tert-OH is 1. The molecule has 0 bridgehead atoms. The van der Waals surface area contributed by atoms with Crippen LogP contribution >= 0.6 is 11.6 Å². The van der Waals surface area contributed by atoms with Crippen LogP contribution in [0.15, 0.2) is 12.1 Å². The molecule has 2 saturated heterocycles. The number of halogens is 1. The van der Waals surface area contributed by atoms with E-state index in [0.717, 1.165) is 34.7 Å². The molecule has 1 N–H and O–H groups in total. The third-order valence-electron chi connectivity index (χ3n) is 6.58.